The van der Waals surface area contributed by atoms with Crippen molar-refractivity contribution in [3.05, 3.63) is 35.1 Å². The van der Waals surface area contributed by atoms with Crippen molar-refractivity contribution in [2.75, 3.05) is 27.4 Å². The molecule has 0 radical (unpaired) electrons. The molecule has 0 aromatic heterocycles. The van der Waals surface area contributed by atoms with Crippen LogP contribution < -0.4 is 0 Å². The highest BCUT2D eigenvalue weighted by Crippen LogP contribution is 2.56. The van der Waals surface area contributed by atoms with Crippen LogP contribution in [0.3, 0.4) is 0 Å². The molecule has 0 spiro atoms. The van der Waals surface area contributed by atoms with Gasteiger partial charge >= 0.3 is 0 Å². The van der Waals surface area contributed by atoms with Crippen molar-refractivity contribution in [1.29, 1.82) is 0 Å². The zero-order valence-corrected chi connectivity index (χ0v) is 26.7. The molecule has 3 aliphatic carbocycles. The number of methoxy groups -OCH3 is 2. The van der Waals surface area contributed by atoms with Gasteiger partial charge in [0, 0.05) is 19.6 Å². The normalized spacial score (nSPS) is 43.9. The van der Waals surface area contributed by atoms with Gasteiger partial charge in [0.05, 0.1) is 25.6 Å². The third-order valence-electron chi connectivity index (χ3n) is 9.95. The first-order chi connectivity index (χ1) is 19.8. The van der Waals surface area contributed by atoms with E-state index in [1.165, 1.54) is 18.9 Å². The molecule has 9 heteroatoms. The lowest BCUT2D eigenvalue weighted by atomic mass is 9.68. The molecule has 1 aliphatic heterocycles. The summed E-state index contributed by atoms with van der Waals surface area (Å²) in [5.74, 6) is 0.151. The Kier molecular flexibility index (Phi) is 10.7. The minimum Gasteiger partial charge on any atom is -0.493 e. The van der Waals surface area contributed by atoms with Gasteiger partial charge in [0.25, 0.3) is 0 Å². The van der Waals surface area contributed by atoms with E-state index in [-0.39, 0.29) is 36.9 Å². The number of aliphatic hydroxyl groups is 4. The first kappa shape index (κ1) is 33.6. The van der Waals surface area contributed by atoms with Gasteiger partial charge in [0.2, 0.25) is 0 Å². The Morgan fingerprint density at radius 1 is 1.05 bits per heavy atom. The lowest BCUT2D eigenvalue weighted by Crippen LogP contribution is -2.61. The van der Waals surface area contributed by atoms with E-state index in [1.807, 2.05) is 26.8 Å². The summed E-state index contributed by atoms with van der Waals surface area (Å²) >= 11 is 0. The van der Waals surface area contributed by atoms with E-state index in [4.69, 9.17) is 23.7 Å². The molecule has 4 N–H and O–H groups in total. The number of hydrogen-bond acceptors (Lipinski definition) is 9. The summed E-state index contributed by atoms with van der Waals surface area (Å²) in [4.78, 5) is 0. The van der Waals surface area contributed by atoms with Crippen LogP contribution in [0.15, 0.2) is 35.1 Å². The Bertz CT molecular complexity index is 1020. The Morgan fingerprint density at radius 2 is 1.76 bits per heavy atom. The molecule has 6 unspecified atom stereocenters. The van der Waals surface area contributed by atoms with E-state index in [0.717, 1.165) is 30.4 Å². The summed E-state index contributed by atoms with van der Waals surface area (Å²) in [5, 5.41) is 46.2. The predicted molar refractivity (Wildman–Crippen MR) is 158 cm³/mol. The third kappa shape index (κ3) is 6.40. The molecule has 1 saturated heterocycles. The van der Waals surface area contributed by atoms with Crippen molar-refractivity contribution < 1.29 is 44.1 Å². The molecule has 42 heavy (non-hydrogen) atoms. The van der Waals surface area contributed by atoms with Crippen LogP contribution in [0.4, 0.5) is 0 Å². The highest BCUT2D eigenvalue weighted by atomic mass is 16.7. The molecule has 0 amide bonds. The number of rotatable bonds is 10. The fourth-order valence-electron chi connectivity index (χ4n) is 7.61. The molecule has 4 rings (SSSR count). The molecule has 1 heterocycles. The molecular weight excluding hydrogens is 540 g/mol. The first-order valence-electron chi connectivity index (χ1n) is 15.6. The van der Waals surface area contributed by atoms with Crippen molar-refractivity contribution in [3.63, 3.8) is 0 Å². The van der Waals surface area contributed by atoms with Crippen molar-refractivity contribution in [3.8, 4) is 0 Å². The third-order valence-corrected chi connectivity index (χ3v) is 9.95. The highest BCUT2D eigenvalue weighted by Gasteiger charge is 2.55. The monoisotopic (exact) mass is 594 g/mol. The lowest BCUT2D eigenvalue weighted by molar-refractivity contribution is -0.316. The Morgan fingerprint density at radius 3 is 2.38 bits per heavy atom. The van der Waals surface area contributed by atoms with Gasteiger partial charge in [0.1, 0.15) is 30.0 Å². The Labute approximate surface area is 251 Å². The highest BCUT2D eigenvalue weighted by molar-refractivity contribution is 5.42. The predicted octanol–water partition coefficient (Wildman–Crippen LogP) is 3.50. The van der Waals surface area contributed by atoms with Gasteiger partial charge in [-0.25, -0.2) is 0 Å². The van der Waals surface area contributed by atoms with Crippen LogP contribution in [0.2, 0.25) is 0 Å². The number of aliphatic hydroxyl groups excluding tert-OH is 3. The fraction of sp³-hybridized carbons (Fsp3) is 0.818. The van der Waals surface area contributed by atoms with Crippen LogP contribution >= 0.6 is 0 Å². The maximum Gasteiger partial charge on any atom is 0.187 e. The van der Waals surface area contributed by atoms with Crippen LogP contribution in [0.25, 0.3) is 0 Å². The molecule has 0 aromatic rings. The maximum absolute atomic E-state index is 12.1. The van der Waals surface area contributed by atoms with Gasteiger partial charge < -0.3 is 44.1 Å². The first-order valence-corrected chi connectivity index (χ1v) is 15.6. The van der Waals surface area contributed by atoms with Gasteiger partial charge in [-0.2, -0.15) is 0 Å². The summed E-state index contributed by atoms with van der Waals surface area (Å²) < 4.78 is 29.5. The van der Waals surface area contributed by atoms with Gasteiger partial charge in [-0.1, -0.05) is 53.2 Å². The number of ether oxygens (including phenoxy) is 5. The minimum absolute atomic E-state index is 0.0534. The van der Waals surface area contributed by atoms with Crippen LogP contribution in [0.5, 0.6) is 0 Å². The molecule has 0 bridgehead atoms. The summed E-state index contributed by atoms with van der Waals surface area (Å²) in [5.41, 5.74) is 1.56. The van der Waals surface area contributed by atoms with Crippen molar-refractivity contribution in [1.82, 2.24) is 0 Å². The zero-order valence-electron chi connectivity index (χ0n) is 26.7. The molecule has 1 saturated carbocycles. The van der Waals surface area contributed by atoms with E-state index in [1.54, 1.807) is 7.11 Å². The minimum atomic E-state index is -1.41. The molecular formula is C33H54O9. The molecule has 240 valence electrons. The summed E-state index contributed by atoms with van der Waals surface area (Å²) in [6, 6.07) is 0. The molecule has 0 aromatic carbocycles. The molecule has 2 fully saturated rings. The lowest BCUT2D eigenvalue weighted by Gasteiger charge is -2.46. The van der Waals surface area contributed by atoms with Crippen LogP contribution in [0.1, 0.15) is 67.2 Å². The van der Waals surface area contributed by atoms with Crippen LogP contribution in [-0.4, -0.2) is 96.4 Å². The van der Waals surface area contributed by atoms with Crippen LogP contribution in [0, 0.1) is 29.1 Å². The molecule has 9 nitrogen and oxygen atoms in total. The summed E-state index contributed by atoms with van der Waals surface area (Å²) in [6.07, 6.45) is 1.31. The van der Waals surface area contributed by atoms with E-state index in [2.05, 4.69) is 26.8 Å². The van der Waals surface area contributed by atoms with Crippen molar-refractivity contribution in [2.45, 2.75) is 116 Å². The van der Waals surface area contributed by atoms with E-state index < -0.39 is 53.9 Å². The summed E-state index contributed by atoms with van der Waals surface area (Å²) in [7, 11) is 3.14. The second kappa shape index (κ2) is 13.4. The number of allylic oxidation sites excluding steroid dienone is 3. The quantitative estimate of drug-likeness (QED) is 0.222. The average molecular weight is 595 g/mol. The van der Waals surface area contributed by atoms with Crippen LogP contribution in [-0.2, 0) is 23.7 Å². The second-order valence-corrected chi connectivity index (χ2v) is 13.8. The average Bonchev–Trinajstić information content (AvgIpc) is 3.42. The number of hydrogen-bond donors (Lipinski definition) is 4. The van der Waals surface area contributed by atoms with Gasteiger partial charge in [0.15, 0.2) is 12.4 Å². The smallest absolute Gasteiger partial charge is 0.187 e. The standard InChI is InChI=1S/C33H54O9/c1-18(2)11-14-40-29-24(16-38-7)41-31(28(36)27(29)35)42-30-25-21(19(3)4)9-12-32(25,6)15-23-22(20(5)26(30)34)10-13-33(23,37)17-39-8/h11,14-15,18-20,22,24,26-31,34-37H,9-10,12-13,16-17H2,1-8H3/b14-11+,23-15+/t20-,22+,24?,26-,27?,28?,29?,30?,31?,32-,33+/m1/s1. The SMILES string of the molecule is COCC1OC(OC2C3=C(C(C)C)CC[C@]3(C)/C=C3\[C@@H](CC[C@]3(O)COC)[C@@H](C)[C@H]2O)C(O)C(O)C1O/C=C/C(C)C. The van der Waals surface area contributed by atoms with Crippen molar-refractivity contribution in [2.24, 2.45) is 29.1 Å². The van der Waals surface area contributed by atoms with Gasteiger partial charge in [-0.3, -0.25) is 0 Å². The Hall–Kier alpha value is -1.30. The van der Waals surface area contributed by atoms with Gasteiger partial charge in [-0.05, 0) is 66.6 Å². The van der Waals surface area contributed by atoms with Gasteiger partial charge in [-0.15, -0.1) is 0 Å². The van der Waals surface area contributed by atoms with E-state index >= 15 is 0 Å². The molecule has 11 atom stereocenters. The largest absolute Gasteiger partial charge is 0.493 e. The molecule has 4 aliphatic rings. The number of fused-ring (bicyclic) bond motifs is 2. The van der Waals surface area contributed by atoms with Crippen molar-refractivity contribution >= 4 is 0 Å². The Balaban J connectivity index is 1.72. The van der Waals surface area contributed by atoms with E-state index in [0.29, 0.717) is 6.42 Å². The zero-order chi connectivity index (χ0) is 31.0. The van der Waals surface area contributed by atoms with E-state index in [9.17, 15) is 20.4 Å². The topological polar surface area (TPSA) is 127 Å². The fourth-order valence-corrected chi connectivity index (χ4v) is 7.61. The maximum atomic E-state index is 12.1. The summed E-state index contributed by atoms with van der Waals surface area (Å²) in [6.45, 7) is 12.8. The second-order valence-electron chi connectivity index (χ2n) is 13.8.